The molecule has 5 nitrogen and oxygen atoms in total. The van der Waals surface area contributed by atoms with E-state index < -0.39 is 11.8 Å². The highest BCUT2D eigenvalue weighted by atomic mass is 79.9. The van der Waals surface area contributed by atoms with Gasteiger partial charge >= 0.3 is 0 Å². The molecule has 0 aliphatic carbocycles. The van der Waals surface area contributed by atoms with E-state index in [9.17, 15) is 19.2 Å². The molecule has 0 aliphatic rings. The minimum atomic E-state index is -1.12. The van der Waals surface area contributed by atoms with Crippen LogP contribution in [0.25, 0.3) is 0 Å². The third kappa shape index (κ3) is 5.10. The summed E-state index contributed by atoms with van der Waals surface area (Å²) in [5.41, 5.74) is 0. The maximum Gasteiger partial charge on any atom is 0.291 e. The van der Waals surface area contributed by atoms with Crippen molar-refractivity contribution in [3.63, 3.8) is 0 Å². The molecule has 0 fully saturated rings. The van der Waals surface area contributed by atoms with Gasteiger partial charge in [-0.2, -0.15) is 0 Å². The molecule has 56 valence electrons. The van der Waals surface area contributed by atoms with Gasteiger partial charge in [0.15, 0.2) is 0 Å². The summed E-state index contributed by atoms with van der Waals surface area (Å²) in [5.74, 6) is -2.24. The first-order valence-electron chi connectivity index (χ1n) is 1.96. The summed E-state index contributed by atoms with van der Waals surface area (Å²) in [6.45, 7) is 0. The maximum atomic E-state index is 9.92. The molecular formula is C4H4BrNO4. The molecule has 0 heterocycles. The summed E-state index contributed by atoms with van der Waals surface area (Å²) < 4.78 is 0. The van der Waals surface area contributed by atoms with Gasteiger partial charge in [-0.25, -0.2) is 0 Å². The van der Waals surface area contributed by atoms with Crippen molar-refractivity contribution in [1.82, 2.24) is 5.32 Å². The van der Waals surface area contributed by atoms with Gasteiger partial charge in [-0.3, -0.25) is 24.5 Å². The van der Waals surface area contributed by atoms with E-state index in [0.717, 1.165) is 0 Å². The average molecular weight is 210 g/mol. The Morgan fingerprint density at radius 1 is 1.00 bits per heavy atom. The van der Waals surface area contributed by atoms with E-state index in [-0.39, 0.29) is 29.6 Å². The molecule has 1 N–H and O–H groups in total. The van der Waals surface area contributed by atoms with E-state index in [4.69, 9.17) is 0 Å². The second-order valence-electron chi connectivity index (χ2n) is 1.09. The number of carbonyl (C=O) groups is 4. The molecule has 0 aliphatic heterocycles. The van der Waals surface area contributed by atoms with Crippen molar-refractivity contribution in [3.05, 3.63) is 0 Å². The van der Waals surface area contributed by atoms with E-state index >= 15 is 0 Å². The summed E-state index contributed by atoms with van der Waals surface area (Å²) in [6.07, 6.45) is -0.192. The Bertz CT molecular complexity index is 149. The molecule has 0 aromatic rings. The van der Waals surface area contributed by atoms with E-state index in [2.05, 4.69) is 0 Å². The molecule has 6 heteroatoms. The maximum absolute atomic E-state index is 9.92. The molecule has 0 bridgehead atoms. The summed E-state index contributed by atoms with van der Waals surface area (Å²) >= 11 is 0. The Morgan fingerprint density at radius 2 is 1.30 bits per heavy atom. The highest BCUT2D eigenvalue weighted by molar-refractivity contribution is 8.93. The lowest BCUT2D eigenvalue weighted by Gasteiger charge is -1.86. The molecule has 0 aromatic carbocycles. The summed E-state index contributed by atoms with van der Waals surface area (Å²) in [5, 5.41) is 1.47. The van der Waals surface area contributed by atoms with Gasteiger partial charge in [0, 0.05) is 0 Å². The van der Waals surface area contributed by atoms with Gasteiger partial charge in [0.25, 0.3) is 11.8 Å². The fourth-order valence-corrected chi connectivity index (χ4v) is 0.180. The van der Waals surface area contributed by atoms with Crippen LogP contribution in [0.2, 0.25) is 0 Å². The monoisotopic (exact) mass is 209 g/mol. The van der Waals surface area contributed by atoms with Crippen molar-refractivity contribution in [3.8, 4) is 0 Å². The Balaban J connectivity index is 0. The molecule has 0 radical (unpaired) electrons. The van der Waals surface area contributed by atoms with Gasteiger partial charge in [-0.1, -0.05) is 0 Å². The third-order valence-corrected chi connectivity index (χ3v) is 0.460. The number of aldehydes is 2. The minimum absolute atomic E-state index is 0. The van der Waals surface area contributed by atoms with Crippen LogP contribution in [0, 0.1) is 0 Å². The number of nitrogens with one attached hydrogen (secondary N) is 1. The van der Waals surface area contributed by atoms with E-state index in [1.807, 2.05) is 0 Å². The minimum Gasteiger partial charge on any atom is -0.292 e. The van der Waals surface area contributed by atoms with Crippen molar-refractivity contribution in [2.24, 2.45) is 0 Å². The fourth-order valence-electron chi connectivity index (χ4n) is 0.180. The lowest BCUT2D eigenvalue weighted by molar-refractivity contribution is -0.138. The van der Waals surface area contributed by atoms with Crippen molar-refractivity contribution >= 4 is 41.4 Å². The summed E-state index contributed by atoms with van der Waals surface area (Å²) in [4.78, 5) is 38.8. The number of hydrogen-bond acceptors (Lipinski definition) is 4. The van der Waals surface area contributed by atoms with E-state index in [1.165, 1.54) is 5.32 Å². The van der Waals surface area contributed by atoms with Crippen LogP contribution < -0.4 is 5.32 Å². The van der Waals surface area contributed by atoms with Gasteiger partial charge < -0.3 is 0 Å². The number of rotatable bonds is 2. The second-order valence-corrected chi connectivity index (χ2v) is 1.09. The molecule has 0 unspecified atom stereocenters. The van der Waals surface area contributed by atoms with Crippen LogP contribution in [0.3, 0.4) is 0 Å². The highest BCUT2D eigenvalue weighted by Crippen LogP contribution is 1.56. The zero-order valence-electron chi connectivity index (χ0n) is 4.70. The SMILES string of the molecule is Br.O=CC(=O)NC(=O)C=O. The standard InChI is InChI=1S/C4H3NO4.BrH/c6-1-3(8)5-4(9)2-7;/h1-2H,(H,5,8,9);1H. The topological polar surface area (TPSA) is 80.3 Å². The Kier molecular flexibility index (Phi) is 7.13. The van der Waals surface area contributed by atoms with Crippen molar-refractivity contribution in [1.29, 1.82) is 0 Å². The summed E-state index contributed by atoms with van der Waals surface area (Å²) in [7, 11) is 0. The van der Waals surface area contributed by atoms with E-state index in [0.29, 0.717) is 0 Å². The van der Waals surface area contributed by atoms with Crippen LogP contribution in [0.1, 0.15) is 0 Å². The van der Waals surface area contributed by atoms with Gasteiger partial charge in [0.05, 0.1) is 0 Å². The predicted molar refractivity (Wildman–Crippen MR) is 35.6 cm³/mol. The molecular weight excluding hydrogens is 206 g/mol. The Hall–Kier alpha value is -1.04. The first kappa shape index (κ1) is 11.7. The fraction of sp³-hybridized carbons (Fsp3) is 0. The third-order valence-electron chi connectivity index (χ3n) is 0.460. The molecule has 0 spiro atoms. The summed E-state index contributed by atoms with van der Waals surface area (Å²) in [6, 6.07) is 0. The number of imide groups is 1. The predicted octanol–water partition coefficient (Wildman–Crippen LogP) is -1.40. The molecule has 10 heavy (non-hydrogen) atoms. The molecule has 0 atom stereocenters. The average Bonchev–Trinajstić information content (AvgIpc) is 1.87. The first-order valence-corrected chi connectivity index (χ1v) is 1.96. The van der Waals surface area contributed by atoms with Crippen LogP contribution in [-0.4, -0.2) is 24.4 Å². The highest BCUT2D eigenvalue weighted by Gasteiger charge is 2.02. The largest absolute Gasteiger partial charge is 0.292 e. The first-order chi connectivity index (χ1) is 4.20. The van der Waals surface area contributed by atoms with Crippen LogP contribution in [0.5, 0.6) is 0 Å². The number of hydrogen-bond donors (Lipinski definition) is 1. The lowest BCUT2D eigenvalue weighted by Crippen LogP contribution is -2.31. The van der Waals surface area contributed by atoms with Crippen LogP contribution in [-0.2, 0) is 19.2 Å². The zero-order chi connectivity index (χ0) is 7.28. The zero-order valence-corrected chi connectivity index (χ0v) is 6.41. The number of carbonyl (C=O) groups excluding carboxylic acids is 4. The van der Waals surface area contributed by atoms with Crippen molar-refractivity contribution in [2.45, 2.75) is 0 Å². The normalized spacial score (nSPS) is 6.80. The number of amides is 2. The quantitative estimate of drug-likeness (QED) is 0.449. The van der Waals surface area contributed by atoms with E-state index in [1.54, 1.807) is 0 Å². The van der Waals surface area contributed by atoms with Gasteiger partial charge in [-0.15, -0.1) is 17.0 Å². The lowest BCUT2D eigenvalue weighted by atomic mass is 10.6. The second kappa shape index (κ2) is 6.09. The number of halogens is 1. The van der Waals surface area contributed by atoms with Crippen LogP contribution >= 0.6 is 17.0 Å². The molecule has 0 aromatic heterocycles. The molecule has 2 amide bonds. The van der Waals surface area contributed by atoms with Crippen LogP contribution in [0.15, 0.2) is 0 Å². The molecule has 0 saturated carbocycles. The smallest absolute Gasteiger partial charge is 0.291 e. The van der Waals surface area contributed by atoms with Crippen LogP contribution in [0.4, 0.5) is 0 Å². The van der Waals surface area contributed by atoms with Gasteiger partial charge in [0.1, 0.15) is 0 Å². The van der Waals surface area contributed by atoms with Crippen molar-refractivity contribution in [2.75, 3.05) is 0 Å². The van der Waals surface area contributed by atoms with Gasteiger partial charge in [0.2, 0.25) is 12.6 Å². The molecule has 0 rings (SSSR count). The molecule has 0 saturated heterocycles. The van der Waals surface area contributed by atoms with Crippen molar-refractivity contribution < 1.29 is 19.2 Å². The van der Waals surface area contributed by atoms with Gasteiger partial charge in [-0.05, 0) is 0 Å². The Labute approximate surface area is 66.5 Å². The Morgan fingerprint density at radius 3 is 1.50 bits per heavy atom.